The number of ether oxygens (including phenoxy) is 1. The Morgan fingerprint density at radius 2 is 2.19 bits per heavy atom. The first-order valence-corrected chi connectivity index (χ1v) is 7.46. The maximum absolute atomic E-state index is 11.6. The van der Waals surface area contributed by atoms with E-state index in [2.05, 4.69) is 20.5 Å². The highest BCUT2D eigenvalue weighted by Gasteiger charge is 2.12. The van der Waals surface area contributed by atoms with E-state index >= 15 is 0 Å². The highest BCUT2D eigenvalue weighted by molar-refractivity contribution is 5.77. The van der Waals surface area contributed by atoms with Gasteiger partial charge < -0.3 is 20.3 Å². The smallest absolute Gasteiger partial charge is 0.234 e. The lowest BCUT2D eigenvalue weighted by Gasteiger charge is -2.16. The van der Waals surface area contributed by atoms with Gasteiger partial charge in [0.05, 0.1) is 13.2 Å². The minimum Gasteiger partial charge on any atom is -0.383 e. The third kappa shape index (κ3) is 5.32. The number of rotatable bonds is 8. The molecule has 1 aliphatic heterocycles. The topological polar surface area (TPSA) is 66.5 Å². The second-order valence-electron chi connectivity index (χ2n) is 5.17. The SMILES string of the molecule is COCCNCC(=O)NCc1ccc(N2CCCC2)nc1. The number of methoxy groups -OCH3 is 1. The van der Waals surface area contributed by atoms with Gasteiger partial charge in [-0.05, 0) is 24.5 Å². The lowest BCUT2D eigenvalue weighted by Crippen LogP contribution is -2.34. The quantitative estimate of drug-likeness (QED) is 0.684. The number of nitrogens with zero attached hydrogens (tertiary/aromatic N) is 2. The molecule has 1 aliphatic rings. The van der Waals surface area contributed by atoms with Crippen LogP contribution in [0, 0.1) is 0 Å². The van der Waals surface area contributed by atoms with E-state index in [9.17, 15) is 4.79 Å². The predicted molar refractivity (Wildman–Crippen MR) is 82.3 cm³/mol. The molecule has 1 aromatic rings. The van der Waals surface area contributed by atoms with Crippen LogP contribution in [0.4, 0.5) is 5.82 Å². The van der Waals surface area contributed by atoms with Gasteiger partial charge in [0.15, 0.2) is 0 Å². The summed E-state index contributed by atoms with van der Waals surface area (Å²) in [4.78, 5) is 18.4. The van der Waals surface area contributed by atoms with Crippen LogP contribution >= 0.6 is 0 Å². The molecule has 0 radical (unpaired) electrons. The molecule has 0 aromatic carbocycles. The lowest BCUT2D eigenvalue weighted by molar-refractivity contribution is -0.120. The van der Waals surface area contributed by atoms with E-state index in [4.69, 9.17) is 4.74 Å². The molecule has 0 spiro atoms. The van der Waals surface area contributed by atoms with Gasteiger partial charge in [0, 0.05) is 39.5 Å². The molecule has 1 amide bonds. The number of carbonyl (C=O) groups is 1. The van der Waals surface area contributed by atoms with E-state index in [1.807, 2.05) is 18.3 Å². The Morgan fingerprint density at radius 3 is 2.86 bits per heavy atom. The van der Waals surface area contributed by atoms with Crippen LogP contribution in [0.1, 0.15) is 18.4 Å². The second kappa shape index (κ2) is 8.59. The first-order valence-electron chi connectivity index (χ1n) is 7.46. The average Bonchev–Trinajstić information content (AvgIpc) is 3.04. The summed E-state index contributed by atoms with van der Waals surface area (Å²) in [5.41, 5.74) is 1.02. The fourth-order valence-corrected chi connectivity index (χ4v) is 2.29. The summed E-state index contributed by atoms with van der Waals surface area (Å²) in [6, 6.07) is 4.06. The highest BCUT2D eigenvalue weighted by Crippen LogP contribution is 2.17. The van der Waals surface area contributed by atoms with Gasteiger partial charge in [0.25, 0.3) is 0 Å². The molecule has 6 nitrogen and oxygen atoms in total. The van der Waals surface area contributed by atoms with Crippen LogP contribution in [-0.4, -0.2) is 50.8 Å². The molecule has 1 saturated heterocycles. The molecule has 0 bridgehead atoms. The first-order chi connectivity index (χ1) is 10.3. The van der Waals surface area contributed by atoms with Crippen molar-refractivity contribution in [2.75, 3.05) is 44.8 Å². The molecule has 0 atom stereocenters. The highest BCUT2D eigenvalue weighted by atomic mass is 16.5. The monoisotopic (exact) mass is 292 g/mol. The van der Waals surface area contributed by atoms with Crippen LogP contribution in [0.25, 0.3) is 0 Å². The molecule has 116 valence electrons. The summed E-state index contributed by atoms with van der Waals surface area (Å²) in [6.07, 6.45) is 4.33. The van der Waals surface area contributed by atoms with Gasteiger partial charge in [-0.1, -0.05) is 6.07 Å². The zero-order valence-electron chi connectivity index (χ0n) is 12.6. The number of amides is 1. The maximum Gasteiger partial charge on any atom is 0.234 e. The molecule has 2 N–H and O–H groups in total. The van der Waals surface area contributed by atoms with Crippen molar-refractivity contribution in [1.29, 1.82) is 0 Å². The first kappa shape index (κ1) is 15.7. The molecule has 1 aromatic heterocycles. The van der Waals surface area contributed by atoms with Crippen LogP contribution < -0.4 is 15.5 Å². The van der Waals surface area contributed by atoms with Gasteiger partial charge >= 0.3 is 0 Å². The van der Waals surface area contributed by atoms with Crippen LogP contribution in [0.3, 0.4) is 0 Å². The Kier molecular flexibility index (Phi) is 6.43. The maximum atomic E-state index is 11.6. The molecule has 0 unspecified atom stereocenters. The van der Waals surface area contributed by atoms with Crippen molar-refractivity contribution in [2.45, 2.75) is 19.4 Å². The molecular weight excluding hydrogens is 268 g/mol. The molecule has 2 rings (SSSR count). The fourth-order valence-electron chi connectivity index (χ4n) is 2.29. The Morgan fingerprint density at radius 1 is 1.38 bits per heavy atom. The second-order valence-corrected chi connectivity index (χ2v) is 5.17. The molecule has 0 saturated carbocycles. The fraction of sp³-hybridized carbons (Fsp3) is 0.600. The molecule has 2 heterocycles. The van der Waals surface area contributed by atoms with E-state index in [1.165, 1.54) is 12.8 Å². The summed E-state index contributed by atoms with van der Waals surface area (Å²) < 4.78 is 4.90. The third-order valence-corrected chi connectivity index (χ3v) is 3.50. The number of carbonyl (C=O) groups excluding carboxylic acids is 1. The van der Waals surface area contributed by atoms with Crippen molar-refractivity contribution in [3.8, 4) is 0 Å². The van der Waals surface area contributed by atoms with E-state index in [-0.39, 0.29) is 5.91 Å². The standard InChI is InChI=1S/C15H24N4O2/c1-21-9-6-16-12-15(20)18-11-13-4-5-14(17-10-13)19-7-2-3-8-19/h4-5,10,16H,2-3,6-9,11-12H2,1H3,(H,18,20). The molecule has 1 fully saturated rings. The van der Waals surface area contributed by atoms with Crippen LogP contribution in [0.2, 0.25) is 0 Å². The number of anilines is 1. The normalized spacial score (nSPS) is 14.4. The van der Waals surface area contributed by atoms with Gasteiger partial charge in [-0.15, -0.1) is 0 Å². The average molecular weight is 292 g/mol. The summed E-state index contributed by atoms with van der Waals surface area (Å²) in [5.74, 6) is 1.01. The number of nitrogens with one attached hydrogen (secondary N) is 2. The van der Waals surface area contributed by atoms with Crippen LogP contribution in [0.15, 0.2) is 18.3 Å². The Hall–Kier alpha value is -1.66. The van der Waals surface area contributed by atoms with Crippen molar-refractivity contribution in [2.24, 2.45) is 0 Å². The van der Waals surface area contributed by atoms with Crippen molar-refractivity contribution in [3.63, 3.8) is 0 Å². The number of pyridine rings is 1. The van der Waals surface area contributed by atoms with Crippen LogP contribution in [0.5, 0.6) is 0 Å². The van der Waals surface area contributed by atoms with Crippen molar-refractivity contribution in [1.82, 2.24) is 15.6 Å². The predicted octanol–water partition coefficient (Wildman–Crippen LogP) is 0.534. The van der Waals surface area contributed by atoms with E-state index in [0.717, 1.165) is 24.5 Å². The van der Waals surface area contributed by atoms with Gasteiger partial charge in [0.2, 0.25) is 5.91 Å². The molecule has 6 heteroatoms. The van der Waals surface area contributed by atoms with Gasteiger partial charge in [-0.2, -0.15) is 0 Å². The third-order valence-electron chi connectivity index (χ3n) is 3.50. The number of hydrogen-bond acceptors (Lipinski definition) is 5. The largest absolute Gasteiger partial charge is 0.383 e. The van der Waals surface area contributed by atoms with Gasteiger partial charge in [-0.25, -0.2) is 4.98 Å². The zero-order chi connectivity index (χ0) is 14.9. The minimum atomic E-state index is -0.0188. The summed E-state index contributed by atoms with van der Waals surface area (Å²) in [5, 5.41) is 5.88. The van der Waals surface area contributed by atoms with Gasteiger partial charge in [-0.3, -0.25) is 4.79 Å². The van der Waals surface area contributed by atoms with Gasteiger partial charge in [0.1, 0.15) is 5.82 Å². The summed E-state index contributed by atoms with van der Waals surface area (Å²) in [6.45, 7) is 4.29. The van der Waals surface area contributed by atoms with Crippen molar-refractivity contribution in [3.05, 3.63) is 23.9 Å². The molecule has 21 heavy (non-hydrogen) atoms. The van der Waals surface area contributed by atoms with E-state index in [1.54, 1.807) is 7.11 Å². The Balaban J connectivity index is 1.69. The Bertz CT molecular complexity index is 430. The van der Waals surface area contributed by atoms with E-state index < -0.39 is 0 Å². The zero-order valence-corrected chi connectivity index (χ0v) is 12.6. The summed E-state index contributed by atoms with van der Waals surface area (Å²) in [7, 11) is 1.64. The lowest BCUT2D eigenvalue weighted by atomic mass is 10.2. The molecule has 0 aliphatic carbocycles. The summed E-state index contributed by atoms with van der Waals surface area (Å²) >= 11 is 0. The number of hydrogen-bond donors (Lipinski definition) is 2. The van der Waals surface area contributed by atoms with E-state index in [0.29, 0.717) is 26.2 Å². The van der Waals surface area contributed by atoms with Crippen molar-refractivity contribution < 1.29 is 9.53 Å². The minimum absolute atomic E-state index is 0.0188. The Labute approximate surface area is 125 Å². The molecular formula is C15H24N4O2. The van der Waals surface area contributed by atoms with Crippen molar-refractivity contribution >= 4 is 11.7 Å². The van der Waals surface area contributed by atoms with Crippen LogP contribution in [-0.2, 0) is 16.1 Å². The number of aromatic nitrogens is 1.